The van der Waals surface area contributed by atoms with Gasteiger partial charge < -0.3 is 15.0 Å². The van der Waals surface area contributed by atoms with Crippen LogP contribution in [0.25, 0.3) is 16.7 Å². The van der Waals surface area contributed by atoms with Crippen LogP contribution in [-0.2, 0) is 29.0 Å². The fourth-order valence-electron chi connectivity index (χ4n) is 5.71. The molecule has 0 spiro atoms. The van der Waals surface area contributed by atoms with Crippen LogP contribution in [0.3, 0.4) is 0 Å². The molecule has 10 heteroatoms. The summed E-state index contributed by atoms with van der Waals surface area (Å²) in [7, 11) is 0. The molecule has 2 amide bonds. The highest BCUT2D eigenvalue weighted by Crippen LogP contribution is 2.28. The zero-order valence-corrected chi connectivity index (χ0v) is 24.5. The van der Waals surface area contributed by atoms with Gasteiger partial charge in [-0.25, -0.2) is 19.1 Å². The molecule has 2 aliphatic rings. The van der Waals surface area contributed by atoms with E-state index in [1.807, 2.05) is 74.8 Å². The summed E-state index contributed by atoms with van der Waals surface area (Å²) in [6, 6.07) is 17.4. The largest absolute Gasteiger partial charge is 0.444 e. The summed E-state index contributed by atoms with van der Waals surface area (Å²) >= 11 is 0. The Labute approximate surface area is 244 Å². The first-order chi connectivity index (χ1) is 20.1. The highest BCUT2D eigenvalue weighted by molar-refractivity contribution is 5.94. The molecule has 2 aromatic carbocycles. The zero-order valence-electron chi connectivity index (χ0n) is 24.5. The second kappa shape index (κ2) is 10.7. The summed E-state index contributed by atoms with van der Waals surface area (Å²) < 4.78 is 9.08. The van der Waals surface area contributed by atoms with Crippen LogP contribution in [-0.4, -0.2) is 49.9 Å². The molecule has 0 bridgehead atoms. The van der Waals surface area contributed by atoms with Crippen LogP contribution in [0.1, 0.15) is 51.7 Å². The number of rotatable bonds is 5. The number of ether oxygens (including phenoxy) is 1. The number of amides is 2. The minimum atomic E-state index is -0.542. The van der Waals surface area contributed by atoms with Gasteiger partial charge in [-0.2, -0.15) is 0 Å². The van der Waals surface area contributed by atoms with Gasteiger partial charge in [0.15, 0.2) is 5.82 Å². The third kappa shape index (κ3) is 5.24. The molecule has 2 aromatic heterocycles. The molecule has 218 valence electrons. The Bertz CT molecular complexity index is 1750. The summed E-state index contributed by atoms with van der Waals surface area (Å²) in [5.74, 6) is 1.24. The molecular formula is C32H36N6O4. The van der Waals surface area contributed by atoms with Crippen molar-refractivity contribution in [1.82, 2.24) is 19.2 Å². The summed E-state index contributed by atoms with van der Waals surface area (Å²) in [5, 5.41) is 4.07. The zero-order chi connectivity index (χ0) is 29.6. The van der Waals surface area contributed by atoms with Gasteiger partial charge in [0, 0.05) is 44.0 Å². The monoisotopic (exact) mass is 568 g/mol. The van der Waals surface area contributed by atoms with Crippen molar-refractivity contribution in [2.45, 2.75) is 65.6 Å². The van der Waals surface area contributed by atoms with Crippen molar-refractivity contribution in [3.8, 4) is 5.82 Å². The van der Waals surface area contributed by atoms with Gasteiger partial charge in [-0.1, -0.05) is 12.1 Å². The summed E-state index contributed by atoms with van der Waals surface area (Å²) in [5.41, 5.74) is 4.07. The SMILES string of the molecule is CCn1c(=O)c2ccc(Nc3ccc4c(c3)CN(C(=O)OC(C)(C)C)CC4)cc2n1-c1cccc(N2CCCC2=O)n1. The maximum absolute atomic E-state index is 13.3. The standard InChI is InChI=1S/C32H36N6O4/c1-5-37-30(40)25-14-13-24(19-26(25)38(37)28-9-6-8-27(34-28)36-16-7-10-29(36)39)33-23-12-11-21-15-17-35(20-22(21)18-23)31(41)42-32(2,3)4/h6,8-9,11-14,18-19,33H,5,7,10,15-17,20H2,1-4H3. The molecule has 1 fully saturated rings. The Morgan fingerprint density at radius 2 is 1.71 bits per heavy atom. The van der Waals surface area contributed by atoms with Gasteiger partial charge in [0.2, 0.25) is 5.91 Å². The van der Waals surface area contributed by atoms with Gasteiger partial charge in [-0.05, 0) is 94.1 Å². The minimum Gasteiger partial charge on any atom is -0.444 e. The number of aromatic nitrogens is 3. The maximum atomic E-state index is 13.3. The quantitative estimate of drug-likeness (QED) is 0.347. The highest BCUT2D eigenvalue weighted by Gasteiger charge is 2.26. The topological polar surface area (TPSA) is 102 Å². The summed E-state index contributed by atoms with van der Waals surface area (Å²) in [6.45, 7) is 9.76. The molecule has 1 N–H and O–H groups in total. The van der Waals surface area contributed by atoms with Gasteiger partial charge in [-0.15, -0.1) is 0 Å². The van der Waals surface area contributed by atoms with E-state index in [4.69, 9.17) is 9.72 Å². The first-order valence-corrected chi connectivity index (χ1v) is 14.5. The van der Waals surface area contributed by atoms with E-state index in [2.05, 4.69) is 17.4 Å². The van der Waals surface area contributed by atoms with Crippen molar-refractivity contribution in [1.29, 1.82) is 0 Å². The van der Waals surface area contributed by atoms with Gasteiger partial charge in [0.25, 0.3) is 5.56 Å². The van der Waals surface area contributed by atoms with Crippen molar-refractivity contribution in [3.63, 3.8) is 0 Å². The molecular weight excluding hydrogens is 532 g/mol. The van der Waals surface area contributed by atoms with Crippen molar-refractivity contribution < 1.29 is 14.3 Å². The molecule has 6 rings (SSSR count). The number of carbonyl (C=O) groups is 2. The molecule has 0 saturated carbocycles. The van der Waals surface area contributed by atoms with Crippen LogP contribution in [0.2, 0.25) is 0 Å². The Balaban J connectivity index is 1.31. The fraction of sp³-hybridized carbons (Fsp3) is 0.375. The second-order valence-electron chi connectivity index (χ2n) is 11.8. The van der Waals surface area contributed by atoms with Crippen LogP contribution in [0, 0.1) is 0 Å². The second-order valence-corrected chi connectivity index (χ2v) is 11.8. The fourth-order valence-corrected chi connectivity index (χ4v) is 5.71. The van der Waals surface area contributed by atoms with Gasteiger partial charge >= 0.3 is 6.09 Å². The van der Waals surface area contributed by atoms with E-state index in [0.29, 0.717) is 49.6 Å². The lowest BCUT2D eigenvalue weighted by Gasteiger charge is -2.31. The van der Waals surface area contributed by atoms with Crippen molar-refractivity contribution in [3.05, 3.63) is 76.1 Å². The lowest BCUT2D eigenvalue weighted by atomic mass is 9.99. The van der Waals surface area contributed by atoms with E-state index >= 15 is 0 Å². The Morgan fingerprint density at radius 3 is 2.45 bits per heavy atom. The average molecular weight is 569 g/mol. The number of hydrogen-bond acceptors (Lipinski definition) is 6. The smallest absolute Gasteiger partial charge is 0.410 e. The van der Waals surface area contributed by atoms with Crippen molar-refractivity contribution in [2.75, 3.05) is 23.3 Å². The highest BCUT2D eigenvalue weighted by atomic mass is 16.6. The third-order valence-electron chi connectivity index (χ3n) is 7.68. The number of anilines is 3. The van der Waals surface area contributed by atoms with Gasteiger partial charge in [0.1, 0.15) is 11.4 Å². The molecule has 4 heterocycles. The lowest BCUT2D eigenvalue weighted by molar-refractivity contribution is -0.117. The predicted molar refractivity (Wildman–Crippen MR) is 163 cm³/mol. The molecule has 1 saturated heterocycles. The molecule has 4 aromatic rings. The normalized spacial score (nSPS) is 15.3. The van der Waals surface area contributed by atoms with E-state index in [9.17, 15) is 14.4 Å². The predicted octanol–water partition coefficient (Wildman–Crippen LogP) is 5.37. The van der Waals surface area contributed by atoms with Crippen LogP contribution < -0.4 is 15.8 Å². The van der Waals surface area contributed by atoms with Crippen LogP contribution in [0.4, 0.5) is 22.0 Å². The van der Waals surface area contributed by atoms with E-state index in [1.54, 1.807) is 14.5 Å². The number of hydrogen-bond donors (Lipinski definition) is 1. The van der Waals surface area contributed by atoms with Gasteiger partial charge in [0.05, 0.1) is 10.9 Å². The number of benzene rings is 2. The third-order valence-corrected chi connectivity index (χ3v) is 7.68. The number of carbonyl (C=O) groups excluding carboxylic acids is 2. The number of pyridine rings is 1. The number of nitrogens with zero attached hydrogens (tertiary/aromatic N) is 5. The minimum absolute atomic E-state index is 0.0654. The van der Waals surface area contributed by atoms with Gasteiger partial charge in [-0.3, -0.25) is 14.5 Å². The summed E-state index contributed by atoms with van der Waals surface area (Å²) in [4.78, 5) is 46.6. The number of nitrogens with one attached hydrogen (secondary N) is 1. The van der Waals surface area contributed by atoms with E-state index in [0.717, 1.165) is 35.3 Å². The Hall–Kier alpha value is -4.60. The van der Waals surface area contributed by atoms with Crippen LogP contribution in [0.15, 0.2) is 59.4 Å². The molecule has 0 radical (unpaired) electrons. The number of fused-ring (bicyclic) bond motifs is 2. The van der Waals surface area contributed by atoms with Crippen molar-refractivity contribution in [2.24, 2.45) is 0 Å². The molecule has 0 aliphatic carbocycles. The first-order valence-electron chi connectivity index (χ1n) is 14.5. The van der Waals surface area contributed by atoms with Crippen molar-refractivity contribution >= 4 is 40.1 Å². The molecule has 0 unspecified atom stereocenters. The van der Waals surface area contributed by atoms with E-state index in [1.165, 1.54) is 5.56 Å². The van der Waals surface area contributed by atoms with E-state index < -0.39 is 5.60 Å². The Morgan fingerprint density at radius 1 is 0.952 bits per heavy atom. The summed E-state index contributed by atoms with van der Waals surface area (Å²) in [6.07, 6.45) is 1.80. The van der Waals surface area contributed by atoms with Crippen LogP contribution in [0.5, 0.6) is 0 Å². The molecule has 10 nitrogen and oxygen atoms in total. The average Bonchev–Trinajstić information content (AvgIpc) is 3.51. The Kier molecular flexibility index (Phi) is 7.00. The molecule has 42 heavy (non-hydrogen) atoms. The van der Waals surface area contributed by atoms with Crippen LogP contribution >= 0.6 is 0 Å². The molecule has 0 atom stereocenters. The first kappa shape index (κ1) is 27.6. The lowest BCUT2D eigenvalue weighted by Crippen LogP contribution is -2.39. The maximum Gasteiger partial charge on any atom is 0.410 e. The molecule has 2 aliphatic heterocycles. The van der Waals surface area contributed by atoms with E-state index in [-0.39, 0.29) is 17.6 Å².